The van der Waals surface area contributed by atoms with Gasteiger partial charge in [-0.3, -0.25) is 14.9 Å². The van der Waals surface area contributed by atoms with Crippen LogP contribution in [0.4, 0.5) is 0 Å². The second-order valence-corrected chi connectivity index (χ2v) is 8.59. The number of aromatic amines is 1. The first kappa shape index (κ1) is 16.2. The maximum absolute atomic E-state index is 4.43. The van der Waals surface area contributed by atoms with Gasteiger partial charge in [-0.25, -0.2) is 4.98 Å². The van der Waals surface area contributed by atoms with Crippen LogP contribution in [0.15, 0.2) is 11.6 Å². The molecule has 24 heavy (non-hydrogen) atoms. The van der Waals surface area contributed by atoms with Crippen LogP contribution in [-0.2, 0) is 13.1 Å². The number of nitrogens with one attached hydrogen (secondary N) is 1. The molecule has 2 aromatic rings. The van der Waals surface area contributed by atoms with Gasteiger partial charge < -0.3 is 0 Å². The van der Waals surface area contributed by atoms with E-state index in [0.717, 1.165) is 24.8 Å². The van der Waals surface area contributed by atoms with Crippen LogP contribution in [0, 0.1) is 19.3 Å². The number of aromatic nitrogens is 3. The molecule has 0 aromatic carbocycles. The third-order valence-corrected chi connectivity index (χ3v) is 6.83. The summed E-state index contributed by atoms with van der Waals surface area (Å²) in [6.45, 7) is 8.71. The Hall–Kier alpha value is -1.24. The molecule has 0 radical (unpaired) electrons. The number of H-pyrrole nitrogens is 1. The molecule has 5 nitrogen and oxygen atoms in total. The second kappa shape index (κ2) is 6.24. The standard InChI is InChI=1S/C18H27N5S/c1-13-15(14(2)21-20-13)11-23-7-4-18(5-8-23)10-16(18)22(3)12-17-19-6-9-24-17/h6,9,16H,4-5,7-8,10-12H2,1-3H3,(H,20,21). The molecule has 1 atom stereocenters. The molecule has 1 unspecified atom stereocenters. The molecule has 1 N–H and O–H groups in total. The lowest BCUT2D eigenvalue weighted by molar-refractivity contribution is 0.139. The summed E-state index contributed by atoms with van der Waals surface area (Å²) in [5, 5.41) is 10.8. The van der Waals surface area contributed by atoms with Crippen molar-refractivity contribution >= 4 is 11.3 Å². The van der Waals surface area contributed by atoms with Crippen LogP contribution in [-0.4, -0.2) is 51.2 Å². The number of piperidine rings is 1. The SMILES string of the molecule is Cc1n[nH]c(C)c1CN1CCC2(CC1)CC2N(C)Cc1nccs1. The van der Waals surface area contributed by atoms with E-state index in [1.807, 2.05) is 6.20 Å². The van der Waals surface area contributed by atoms with Gasteiger partial charge in [0.1, 0.15) is 5.01 Å². The van der Waals surface area contributed by atoms with E-state index in [1.165, 1.54) is 48.6 Å². The van der Waals surface area contributed by atoms with Crippen molar-refractivity contribution in [3.63, 3.8) is 0 Å². The van der Waals surface area contributed by atoms with Crippen molar-refractivity contribution in [1.82, 2.24) is 25.0 Å². The van der Waals surface area contributed by atoms with Crippen molar-refractivity contribution in [2.45, 2.75) is 52.2 Å². The van der Waals surface area contributed by atoms with Gasteiger partial charge >= 0.3 is 0 Å². The van der Waals surface area contributed by atoms with Crippen molar-refractivity contribution in [3.05, 3.63) is 33.5 Å². The van der Waals surface area contributed by atoms with Gasteiger partial charge in [-0.05, 0) is 58.7 Å². The molecule has 1 aliphatic carbocycles. The number of likely N-dealkylation sites (tertiary alicyclic amines) is 1. The fourth-order valence-electron chi connectivity index (χ4n) is 4.33. The normalized spacial score (nSPS) is 23.2. The number of nitrogens with zero attached hydrogens (tertiary/aromatic N) is 4. The van der Waals surface area contributed by atoms with Crippen LogP contribution in [0.3, 0.4) is 0 Å². The Bertz CT molecular complexity index is 665. The highest BCUT2D eigenvalue weighted by Gasteiger charge is 2.56. The Balaban J connectivity index is 1.30. The highest BCUT2D eigenvalue weighted by molar-refractivity contribution is 7.09. The molecule has 2 fully saturated rings. The smallest absolute Gasteiger partial charge is 0.107 e. The molecule has 3 heterocycles. The van der Waals surface area contributed by atoms with E-state index < -0.39 is 0 Å². The van der Waals surface area contributed by atoms with E-state index in [9.17, 15) is 0 Å². The molecule has 1 spiro atoms. The highest BCUT2D eigenvalue weighted by atomic mass is 32.1. The molecular formula is C18H27N5S. The number of aryl methyl sites for hydroxylation is 2. The van der Waals surface area contributed by atoms with E-state index in [4.69, 9.17) is 0 Å². The lowest BCUT2D eigenvalue weighted by atomic mass is 9.92. The topological polar surface area (TPSA) is 48.1 Å². The van der Waals surface area contributed by atoms with Crippen LogP contribution in [0.5, 0.6) is 0 Å². The van der Waals surface area contributed by atoms with Gasteiger partial charge in [0, 0.05) is 35.4 Å². The molecule has 1 saturated carbocycles. The highest BCUT2D eigenvalue weighted by Crippen LogP contribution is 2.56. The lowest BCUT2D eigenvalue weighted by Crippen LogP contribution is -2.37. The van der Waals surface area contributed by atoms with Crippen LogP contribution in [0.2, 0.25) is 0 Å². The average molecular weight is 346 g/mol. The van der Waals surface area contributed by atoms with E-state index in [1.54, 1.807) is 11.3 Å². The van der Waals surface area contributed by atoms with E-state index in [-0.39, 0.29) is 0 Å². The Kier molecular flexibility index (Phi) is 4.22. The van der Waals surface area contributed by atoms with E-state index in [0.29, 0.717) is 5.41 Å². The van der Waals surface area contributed by atoms with Crippen LogP contribution in [0.1, 0.15) is 41.2 Å². The van der Waals surface area contributed by atoms with Crippen LogP contribution < -0.4 is 0 Å². The van der Waals surface area contributed by atoms with Crippen molar-refractivity contribution in [2.75, 3.05) is 20.1 Å². The van der Waals surface area contributed by atoms with Gasteiger partial charge in [-0.1, -0.05) is 0 Å². The van der Waals surface area contributed by atoms with Gasteiger partial charge in [-0.15, -0.1) is 11.3 Å². The van der Waals surface area contributed by atoms with Crippen molar-refractivity contribution in [2.24, 2.45) is 5.41 Å². The van der Waals surface area contributed by atoms with Crippen LogP contribution >= 0.6 is 11.3 Å². The van der Waals surface area contributed by atoms with Crippen molar-refractivity contribution in [3.8, 4) is 0 Å². The molecule has 0 amide bonds. The van der Waals surface area contributed by atoms with E-state index >= 15 is 0 Å². The molecule has 4 rings (SSSR count). The predicted octanol–water partition coefficient (Wildman–Crippen LogP) is 2.97. The van der Waals surface area contributed by atoms with Gasteiger partial charge in [-0.2, -0.15) is 5.10 Å². The number of thiazole rings is 1. The Morgan fingerprint density at radius 2 is 2.17 bits per heavy atom. The Morgan fingerprint density at radius 3 is 2.79 bits per heavy atom. The molecule has 130 valence electrons. The summed E-state index contributed by atoms with van der Waals surface area (Å²) in [7, 11) is 2.27. The van der Waals surface area contributed by atoms with Gasteiger partial charge in [0.15, 0.2) is 0 Å². The Labute approximate surface area is 148 Å². The summed E-state index contributed by atoms with van der Waals surface area (Å²) in [5.41, 5.74) is 4.34. The zero-order valence-electron chi connectivity index (χ0n) is 14.9. The first-order valence-electron chi connectivity index (χ1n) is 8.89. The second-order valence-electron chi connectivity index (χ2n) is 7.61. The monoisotopic (exact) mass is 345 g/mol. The van der Waals surface area contributed by atoms with Gasteiger partial charge in [0.05, 0.1) is 12.2 Å². The molecule has 2 aliphatic rings. The fourth-order valence-corrected chi connectivity index (χ4v) is 5.01. The summed E-state index contributed by atoms with van der Waals surface area (Å²) in [5.74, 6) is 0. The fraction of sp³-hybridized carbons (Fsp3) is 0.667. The van der Waals surface area contributed by atoms with Crippen LogP contribution in [0.25, 0.3) is 0 Å². The minimum atomic E-state index is 0.572. The summed E-state index contributed by atoms with van der Waals surface area (Å²) >= 11 is 1.77. The first-order valence-corrected chi connectivity index (χ1v) is 9.77. The third-order valence-electron chi connectivity index (χ3n) is 6.06. The molecule has 2 aromatic heterocycles. The van der Waals surface area contributed by atoms with Gasteiger partial charge in [0.2, 0.25) is 0 Å². The maximum Gasteiger partial charge on any atom is 0.107 e. The van der Waals surface area contributed by atoms with Gasteiger partial charge in [0.25, 0.3) is 0 Å². The molecule has 1 aliphatic heterocycles. The zero-order chi connectivity index (χ0) is 16.7. The Morgan fingerprint density at radius 1 is 1.38 bits per heavy atom. The number of rotatable bonds is 5. The summed E-state index contributed by atoms with van der Waals surface area (Å²) in [6, 6.07) is 0.751. The van der Waals surface area contributed by atoms with E-state index in [2.05, 4.69) is 51.3 Å². The molecule has 1 saturated heterocycles. The lowest BCUT2D eigenvalue weighted by Gasteiger charge is -2.34. The quantitative estimate of drug-likeness (QED) is 0.905. The predicted molar refractivity (Wildman–Crippen MR) is 97.0 cm³/mol. The zero-order valence-corrected chi connectivity index (χ0v) is 15.7. The number of hydrogen-bond acceptors (Lipinski definition) is 5. The third kappa shape index (κ3) is 3.03. The summed E-state index contributed by atoms with van der Waals surface area (Å²) in [6.07, 6.45) is 5.94. The first-order chi connectivity index (χ1) is 11.6. The minimum absolute atomic E-state index is 0.572. The summed E-state index contributed by atoms with van der Waals surface area (Å²) < 4.78 is 0. The molecule has 6 heteroatoms. The molecular weight excluding hydrogens is 318 g/mol. The van der Waals surface area contributed by atoms with Crippen molar-refractivity contribution in [1.29, 1.82) is 0 Å². The maximum atomic E-state index is 4.43. The largest absolute Gasteiger partial charge is 0.299 e. The summed E-state index contributed by atoms with van der Waals surface area (Å²) in [4.78, 5) is 9.56. The number of hydrogen-bond donors (Lipinski definition) is 1. The average Bonchev–Trinajstić information content (AvgIpc) is 2.88. The minimum Gasteiger partial charge on any atom is -0.299 e. The van der Waals surface area contributed by atoms with Crippen molar-refractivity contribution < 1.29 is 0 Å². The molecule has 0 bridgehead atoms.